The zero-order chi connectivity index (χ0) is 15.0. The van der Waals surface area contributed by atoms with Crippen molar-refractivity contribution in [2.24, 2.45) is 0 Å². The number of benzene rings is 1. The lowest BCUT2D eigenvalue weighted by Gasteiger charge is -2.18. The first-order valence-electron chi connectivity index (χ1n) is 7.06. The van der Waals surface area contributed by atoms with Gasteiger partial charge in [0.25, 0.3) is 10.1 Å². The molecule has 0 aliphatic carbocycles. The van der Waals surface area contributed by atoms with E-state index in [1.165, 1.54) is 10.9 Å². The summed E-state index contributed by atoms with van der Waals surface area (Å²) >= 11 is 0. The summed E-state index contributed by atoms with van der Waals surface area (Å²) in [6.45, 7) is 3.03. The fourth-order valence-corrected chi connectivity index (χ4v) is 3.56. The molecule has 2 heterocycles. The maximum absolute atomic E-state index is 11.2. The minimum Gasteiger partial charge on any atom is -0.493 e. The molecule has 3 rings (SSSR count). The van der Waals surface area contributed by atoms with E-state index in [0.29, 0.717) is 6.54 Å². The third-order valence-electron chi connectivity index (χ3n) is 3.64. The van der Waals surface area contributed by atoms with Crippen LogP contribution in [0.5, 0.6) is 5.75 Å². The Kier molecular flexibility index (Phi) is 3.67. The Morgan fingerprint density at radius 2 is 2.19 bits per heavy atom. The highest BCUT2D eigenvalue weighted by Crippen LogP contribution is 2.32. The van der Waals surface area contributed by atoms with Gasteiger partial charge in [-0.15, -0.1) is 0 Å². The second-order valence-electron chi connectivity index (χ2n) is 5.51. The lowest BCUT2D eigenvalue weighted by Crippen LogP contribution is -2.19. The van der Waals surface area contributed by atoms with Crippen molar-refractivity contribution in [3.05, 3.63) is 30.0 Å². The van der Waals surface area contributed by atoms with E-state index in [4.69, 9.17) is 8.92 Å². The summed E-state index contributed by atoms with van der Waals surface area (Å²) in [5, 5.41) is 1.18. The summed E-state index contributed by atoms with van der Waals surface area (Å²) < 4.78 is 35.1. The van der Waals surface area contributed by atoms with Crippen molar-refractivity contribution in [1.29, 1.82) is 0 Å². The highest BCUT2D eigenvalue weighted by molar-refractivity contribution is 7.86. The summed E-state index contributed by atoms with van der Waals surface area (Å²) in [7, 11) is -3.43. The van der Waals surface area contributed by atoms with Crippen LogP contribution >= 0.6 is 0 Å². The second kappa shape index (κ2) is 5.35. The molecule has 0 fully saturated rings. The van der Waals surface area contributed by atoms with E-state index >= 15 is 0 Å². The summed E-state index contributed by atoms with van der Waals surface area (Å²) in [6, 6.07) is 6.08. The molecule has 0 bridgehead atoms. The van der Waals surface area contributed by atoms with Crippen molar-refractivity contribution in [1.82, 2.24) is 4.57 Å². The highest BCUT2D eigenvalue weighted by atomic mass is 32.2. The number of rotatable bonds is 4. The SMILES string of the molecule is CC(Cn1ccc2c3c(ccc21)OCCC3)OS(C)(=O)=O. The largest absolute Gasteiger partial charge is 0.493 e. The number of nitrogens with zero attached hydrogens (tertiary/aromatic N) is 1. The van der Waals surface area contributed by atoms with Gasteiger partial charge in [0.15, 0.2) is 0 Å². The Bertz CT molecular complexity index is 763. The number of fused-ring (bicyclic) bond motifs is 3. The molecular formula is C15H19NO4S. The van der Waals surface area contributed by atoms with Crippen LogP contribution in [0.15, 0.2) is 24.4 Å². The van der Waals surface area contributed by atoms with Gasteiger partial charge in [0.2, 0.25) is 0 Å². The van der Waals surface area contributed by atoms with Crippen molar-refractivity contribution in [3.8, 4) is 5.75 Å². The first kappa shape index (κ1) is 14.4. The lowest BCUT2D eigenvalue weighted by atomic mass is 10.0. The summed E-state index contributed by atoms with van der Waals surface area (Å²) in [6.07, 6.45) is 4.70. The van der Waals surface area contributed by atoms with Gasteiger partial charge in [-0.1, -0.05) is 0 Å². The van der Waals surface area contributed by atoms with Crippen LogP contribution in [-0.2, 0) is 27.3 Å². The van der Waals surface area contributed by atoms with Gasteiger partial charge in [-0.3, -0.25) is 4.18 Å². The molecule has 21 heavy (non-hydrogen) atoms. The minimum absolute atomic E-state index is 0.400. The predicted octanol–water partition coefficient (Wildman–Crippen LogP) is 2.33. The molecule has 0 spiro atoms. The zero-order valence-corrected chi connectivity index (χ0v) is 13.0. The molecule has 1 unspecified atom stereocenters. The van der Waals surface area contributed by atoms with Crippen molar-refractivity contribution in [3.63, 3.8) is 0 Å². The van der Waals surface area contributed by atoms with E-state index in [-0.39, 0.29) is 0 Å². The van der Waals surface area contributed by atoms with Crippen LogP contribution in [0.2, 0.25) is 0 Å². The van der Waals surface area contributed by atoms with E-state index in [0.717, 1.165) is 37.0 Å². The van der Waals surface area contributed by atoms with Gasteiger partial charge in [-0.25, -0.2) is 0 Å². The van der Waals surface area contributed by atoms with Gasteiger partial charge in [0, 0.05) is 22.7 Å². The molecule has 0 radical (unpaired) electrons. The van der Waals surface area contributed by atoms with Crippen LogP contribution in [0.25, 0.3) is 10.9 Å². The van der Waals surface area contributed by atoms with Crippen LogP contribution in [0.1, 0.15) is 18.9 Å². The summed E-state index contributed by atoms with van der Waals surface area (Å²) in [5.74, 6) is 0.965. The number of hydrogen-bond donors (Lipinski definition) is 0. The molecule has 1 aromatic carbocycles. The molecule has 0 saturated heterocycles. The predicted molar refractivity (Wildman–Crippen MR) is 81.1 cm³/mol. The average molecular weight is 309 g/mol. The fourth-order valence-electron chi connectivity index (χ4n) is 2.90. The Morgan fingerprint density at radius 3 is 2.95 bits per heavy atom. The van der Waals surface area contributed by atoms with Crippen molar-refractivity contribution < 1.29 is 17.3 Å². The standard InChI is InChI=1S/C15H19NO4S/c1-11(20-21(2,17)18)10-16-8-7-12-13-4-3-9-19-15(13)6-5-14(12)16/h5-8,11H,3-4,9-10H2,1-2H3. The van der Waals surface area contributed by atoms with Crippen LogP contribution in [0.3, 0.4) is 0 Å². The van der Waals surface area contributed by atoms with Crippen LogP contribution in [0.4, 0.5) is 0 Å². The molecular weight excluding hydrogens is 290 g/mol. The van der Waals surface area contributed by atoms with E-state index in [9.17, 15) is 8.42 Å². The molecule has 5 nitrogen and oxygen atoms in total. The van der Waals surface area contributed by atoms with Crippen molar-refractivity contribution in [2.45, 2.75) is 32.4 Å². The molecule has 1 aliphatic heterocycles. The molecule has 6 heteroatoms. The molecule has 0 N–H and O–H groups in total. The molecule has 2 aromatic rings. The fraction of sp³-hybridized carbons (Fsp3) is 0.467. The number of aryl methyl sites for hydroxylation is 1. The van der Waals surface area contributed by atoms with E-state index in [1.54, 1.807) is 6.92 Å². The lowest BCUT2D eigenvalue weighted by molar-refractivity contribution is 0.211. The van der Waals surface area contributed by atoms with Gasteiger partial charge in [0.1, 0.15) is 5.75 Å². The number of ether oxygens (including phenoxy) is 1. The van der Waals surface area contributed by atoms with E-state index < -0.39 is 16.2 Å². The van der Waals surface area contributed by atoms with Crippen LogP contribution in [0, 0.1) is 0 Å². The summed E-state index contributed by atoms with van der Waals surface area (Å²) in [4.78, 5) is 0. The summed E-state index contributed by atoms with van der Waals surface area (Å²) in [5.41, 5.74) is 2.33. The first-order chi connectivity index (χ1) is 9.94. The maximum Gasteiger partial charge on any atom is 0.264 e. The Balaban J connectivity index is 1.91. The maximum atomic E-state index is 11.2. The smallest absolute Gasteiger partial charge is 0.264 e. The topological polar surface area (TPSA) is 57.5 Å². The second-order valence-corrected chi connectivity index (χ2v) is 7.11. The van der Waals surface area contributed by atoms with Gasteiger partial charge >= 0.3 is 0 Å². The van der Waals surface area contributed by atoms with Crippen molar-refractivity contribution in [2.75, 3.05) is 12.9 Å². The highest BCUT2D eigenvalue weighted by Gasteiger charge is 2.17. The third kappa shape index (κ3) is 3.06. The van der Waals surface area contributed by atoms with E-state index in [2.05, 4.69) is 6.07 Å². The van der Waals surface area contributed by atoms with Crippen LogP contribution in [-0.4, -0.2) is 32.0 Å². The molecule has 1 atom stereocenters. The normalized spacial score (nSPS) is 16.5. The minimum atomic E-state index is -3.43. The third-order valence-corrected chi connectivity index (χ3v) is 4.32. The molecule has 0 amide bonds. The molecule has 1 aliphatic rings. The number of hydrogen-bond acceptors (Lipinski definition) is 4. The van der Waals surface area contributed by atoms with Crippen molar-refractivity contribution >= 4 is 21.0 Å². The van der Waals surface area contributed by atoms with Gasteiger partial charge < -0.3 is 9.30 Å². The van der Waals surface area contributed by atoms with Gasteiger partial charge in [-0.05, 0) is 38.0 Å². The zero-order valence-electron chi connectivity index (χ0n) is 12.2. The van der Waals surface area contributed by atoms with Gasteiger partial charge in [0.05, 0.1) is 25.5 Å². The quantitative estimate of drug-likeness (QED) is 0.813. The first-order valence-corrected chi connectivity index (χ1v) is 8.87. The Labute approximate surface area is 124 Å². The molecule has 114 valence electrons. The van der Waals surface area contributed by atoms with Crippen LogP contribution < -0.4 is 4.74 Å². The average Bonchev–Trinajstić information content (AvgIpc) is 2.80. The molecule has 1 aromatic heterocycles. The van der Waals surface area contributed by atoms with Gasteiger partial charge in [-0.2, -0.15) is 8.42 Å². The molecule has 0 saturated carbocycles. The van der Waals surface area contributed by atoms with E-state index in [1.807, 2.05) is 22.9 Å². The Morgan fingerprint density at radius 1 is 1.38 bits per heavy atom. The number of aromatic nitrogens is 1. The monoisotopic (exact) mass is 309 g/mol. The Hall–Kier alpha value is -1.53.